The summed E-state index contributed by atoms with van der Waals surface area (Å²) in [4.78, 5) is 3.41. The fraction of sp³-hybridized carbons (Fsp3) is 0.273. The second kappa shape index (κ2) is 3.18. The van der Waals surface area contributed by atoms with E-state index in [0.29, 0.717) is 5.92 Å². The zero-order valence-electron chi connectivity index (χ0n) is 7.76. The summed E-state index contributed by atoms with van der Waals surface area (Å²) >= 11 is 3.46. The van der Waals surface area contributed by atoms with Gasteiger partial charge in [-0.3, -0.25) is 0 Å². The van der Waals surface area contributed by atoms with Gasteiger partial charge in [-0.1, -0.05) is 35.8 Å². The summed E-state index contributed by atoms with van der Waals surface area (Å²) in [5.74, 6) is 0.561. The van der Waals surface area contributed by atoms with Crippen molar-refractivity contribution in [2.24, 2.45) is 0 Å². The predicted molar refractivity (Wildman–Crippen MR) is 60.1 cm³/mol. The van der Waals surface area contributed by atoms with E-state index in [1.54, 1.807) is 0 Å². The Balaban J connectivity index is 2.62. The van der Waals surface area contributed by atoms with Crippen LogP contribution in [-0.2, 0) is 0 Å². The lowest BCUT2D eigenvalue weighted by Gasteiger charge is -1.97. The number of H-pyrrole nitrogens is 1. The van der Waals surface area contributed by atoms with Crippen molar-refractivity contribution < 1.29 is 0 Å². The molecule has 0 amide bonds. The van der Waals surface area contributed by atoms with Crippen molar-refractivity contribution in [1.82, 2.24) is 4.98 Å². The molecule has 0 aliphatic rings. The molecule has 68 valence electrons. The number of fused-ring (bicyclic) bond motifs is 1. The van der Waals surface area contributed by atoms with Crippen molar-refractivity contribution in [3.8, 4) is 0 Å². The lowest BCUT2D eigenvalue weighted by molar-refractivity contribution is 0.836. The zero-order valence-corrected chi connectivity index (χ0v) is 9.35. The molecule has 0 spiro atoms. The van der Waals surface area contributed by atoms with Gasteiger partial charge in [-0.2, -0.15) is 0 Å². The summed E-state index contributed by atoms with van der Waals surface area (Å²) in [6.45, 7) is 4.39. The molecule has 1 aromatic carbocycles. The molecule has 1 heterocycles. The van der Waals surface area contributed by atoms with E-state index in [0.717, 1.165) is 4.47 Å². The Morgan fingerprint density at radius 1 is 1.23 bits per heavy atom. The molecule has 2 rings (SSSR count). The van der Waals surface area contributed by atoms with E-state index in [4.69, 9.17) is 0 Å². The molecule has 0 fully saturated rings. The Kier molecular flexibility index (Phi) is 2.16. The number of benzene rings is 1. The van der Waals surface area contributed by atoms with E-state index < -0.39 is 0 Å². The van der Waals surface area contributed by atoms with Crippen LogP contribution in [0.4, 0.5) is 0 Å². The first kappa shape index (κ1) is 8.82. The van der Waals surface area contributed by atoms with E-state index in [9.17, 15) is 0 Å². The fourth-order valence-corrected chi connectivity index (χ4v) is 1.79. The van der Waals surface area contributed by atoms with Crippen LogP contribution >= 0.6 is 15.9 Å². The summed E-state index contributed by atoms with van der Waals surface area (Å²) in [5.41, 5.74) is 2.51. The van der Waals surface area contributed by atoms with Crippen LogP contribution in [0, 0.1) is 0 Å². The molecule has 0 saturated carbocycles. The average Bonchev–Trinajstić information content (AvgIpc) is 2.46. The quantitative estimate of drug-likeness (QED) is 0.771. The van der Waals surface area contributed by atoms with Crippen molar-refractivity contribution in [2.75, 3.05) is 0 Å². The molecule has 0 aliphatic heterocycles. The zero-order chi connectivity index (χ0) is 9.42. The first-order valence-corrected chi connectivity index (χ1v) is 5.24. The smallest absolute Gasteiger partial charge is 0.0467 e. The minimum absolute atomic E-state index is 0.561. The molecule has 0 aliphatic carbocycles. The van der Waals surface area contributed by atoms with Crippen molar-refractivity contribution in [3.05, 3.63) is 34.4 Å². The second-order valence-electron chi connectivity index (χ2n) is 3.61. The molecule has 0 bridgehead atoms. The van der Waals surface area contributed by atoms with Gasteiger partial charge in [0.2, 0.25) is 0 Å². The first-order valence-electron chi connectivity index (χ1n) is 4.45. The normalized spacial score (nSPS) is 11.4. The van der Waals surface area contributed by atoms with Gasteiger partial charge in [-0.05, 0) is 29.5 Å². The molecule has 1 aromatic heterocycles. The lowest BCUT2D eigenvalue weighted by atomic mass is 10.1. The molecule has 2 heteroatoms. The van der Waals surface area contributed by atoms with Crippen molar-refractivity contribution in [1.29, 1.82) is 0 Å². The van der Waals surface area contributed by atoms with Crippen LogP contribution < -0.4 is 0 Å². The second-order valence-corrected chi connectivity index (χ2v) is 4.53. The van der Waals surface area contributed by atoms with Crippen molar-refractivity contribution in [3.63, 3.8) is 0 Å². The van der Waals surface area contributed by atoms with Gasteiger partial charge in [0.25, 0.3) is 0 Å². The Labute approximate surface area is 86.3 Å². The molecule has 0 unspecified atom stereocenters. The maximum Gasteiger partial charge on any atom is 0.0467 e. The summed E-state index contributed by atoms with van der Waals surface area (Å²) in [6, 6.07) is 8.52. The average molecular weight is 238 g/mol. The van der Waals surface area contributed by atoms with Gasteiger partial charge in [0.15, 0.2) is 0 Å². The summed E-state index contributed by atoms with van der Waals surface area (Å²) < 4.78 is 1.12. The Bertz CT molecular complexity index is 429. The van der Waals surface area contributed by atoms with E-state index in [1.807, 2.05) is 0 Å². The molecule has 1 nitrogen and oxygen atoms in total. The molecule has 1 N–H and O–H groups in total. The van der Waals surface area contributed by atoms with E-state index >= 15 is 0 Å². The summed E-state index contributed by atoms with van der Waals surface area (Å²) in [5, 5.41) is 1.28. The maximum absolute atomic E-state index is 3.46. The molecular formula is C11H12BrN. The molecule has 0 atom stereocenters. The third-order valence-electron chi connectivity index (χ3n) is 2.23. The monoisotopic (exact) mass is 237 g/mol. The summed E-state index contributed by atoms with van der Waals surface area (Å²) in [6.07, 6.45) is 0. The van der Waals surface area contributed by atoms with Crippen LogP contribution in [0.25, 0.3) is 10.9 Å². The van der Waals surface area contributed by atoms with Gasteiger partial charge in [0, 0.05) is 15.7 Å². The van der Waals surface area contributed by atoms with E-state index in [-0.39, 0.29) is 0 Å². The molecule has 13 heavy (non-hydrogen) atoms. The Morgan fingerprint density at radius 2 is 2.00 bits per heavy atom. The standard InChI is InChI=1S/C11H12BrN/c1-7(2)10-5-8-3-4-9(12)6-11(8)13-10/h3-7,13H,1-2H3. The Morgan fingerprint density at radius 3 is 2.69 bits per heavy atom. The minimum Gasteiger partial charge on any atom is -0.358 e. The number of aromatic amines is 1. The first-order chi connectivity index (χ1) is 6.16. The van der Waals surface area contributed by atoms with Crippen LogP contribution in [-0.4, -0.2) is 4.98 Å². The number of hydrogen-bond acceptors (Lipinski definition) is 0. The maximum atomic E-state index is 3.46. The highest BCUT2D eigenvalue weighted by Crippen LogP contribution is 2.23. The lowest BCUT2D eigenvalue weighted by Crippen LogP contribution is -1.84. The van der Waals surface area contributed by atoms with Gasteiger partial charge in [0.1, 0.15) is 0 Å². The van der Waals surface area contributed by atoms with Gasteiger partial charge in [-0.25, -0.2) is 0 Å². The van der Waals surface area contributed by atoms with Crippen molar-refractivity contribution >= 4 is 26.8 Å². The van der Waals surface area contributed by atoms with Crippen molar-refractivity contribution in [2.45, 2.75) is 19.8 Å². The van der Waals surface area contributed by atoms with Gasteiger partial charge in [-0.15, -0.1) is 0 Å². The number of nitrogens with one attached hydrogen (secondary N) is 1. The molecule has 0 saturated heterocycles. The van der Waals surface area contributed by atoms with Crippen LogP contribution in [0.3, 0.4) is 0 Å². The Hall–Kier alpha value is -0.760. The number of halogens is 1. The summed E-state index contributed by atoms with van der Waals surface area (Å²) in [7, 11) is 0. The molecular weight excluding hydrogens is 226 g/mol. The number of hydrogen-bond donors (Lipinski definition) is 1. The molecule has 2 aromatic rings. The SMILES string of the molecule is CC(C)c1cc2ccc(Br)cc2[nH]1. The fourth-order valence-electron chi connectivity index (χ4n) is 1.43. The third-order valence-corrected chi connectivity index (χ3v) is 2.72. The van der Waals surface area contributed by atoms with Crippen LogP contribution in [0.15, 0.2) is 28.7 Å². The van der Waals surface area contributed by atoms with Crippen LogP contribution in [0.1, 0.15) is 25.5 Å². The highest BCUT2D eigenvalue weighted by molar-refractivity contribution is 9.10. The van der Waals surface area contributed by atoms with E-state index in [2.05, 4.69) is 59.0 Å². The predicted octanol–water partition coefficient (Wildman–Crippen LogP) is 4.05. The van der Waals surface area contributed by atoms with Crippen LogP contribution in [0.5, 0.6) is 0 Å². The molecule has 0 radical (unpaired) electrons. The van der Waals surface area contributed by atoms with Gasteiger partial charge >= 0.3 is 0 Å². The van der Waals surface area contributed by atoms with E-state index in [1.165, 1.54) is 16.6 Å². The minimum atomic E-state index is 0.561. The largest absolute Gasteiger partial charge is 0.358 e. The van der Waals surface area contributed by atoms with Crippen LogP contribution in [0.2, 0.25) is 0 Å². The highest BCUT2D eigenvalue weighted by atomic mass is 79.9. The topological polar surface area (TPSA) is 15.8 Å². The number of rotatable bonds is 1. The number of aromatic nitrogens is 1. The highest BCUT2D eigenvalue weighted by Gasteiger charge is 2.03. The van der Waals surface area contributed by atoms with Gasteiger partial charge < -0.3 is 4.98 Å². The van der Waals surface area contributed by atoms with Gasteiger partial charge in [0.05, 0.1) is 0 Å². The third kappa shape index (κ3) is 1.63.